The molecule has 1 nitrogen and oxygen atoms in total. The minimum Gasteiger partial charge on any atom is -0.343 e. The predicted octanol–water partition coefficient (Wildman–Crippen LogP) is 5.04. The third-order valence-electron chi connectivity index (χ3n) is 3.81. The van der Waals surface area contributed by atoms with Crippen molar-refractivity contribution in [1.29, 1.82) is 0 Å². The van der Waals surface area contributed by atoms with E-state index in [1.807, 2.05) is 11.8 Å². The molecule has 2 heteroatoms. The minimum atomic E-state index is 1.10. The summed E-state index contributed by atoms with van der Waals surface area (Å²) in [5.41, 5.74) is 5.46. The van der Waals surface area contributed by atoms with Crippen molar-refractivity contribution in [3.8, 4) is 0 Å². The monoisotopic (exact) mass is 269 g/mol. The third-order valence-corrected chi connectivity index (χ3v) is 4.90. The molecule has 98 valence electrons. The van der Waals surface area contributed by atoms with Crippen molar-refractivity contribution in [2.75, 3.05) is 11.9 Å². The molecule has 0 radical (unpaired) electrons. The first-order chi connectivity index (χ1) is 9.22. The maximum Gasteiger partial charge on any atom is 0.0550 e. The lowest BCUT2D eigenvalue weighted by atomic mass is 10.1. The van der Waals surface area contributed by atoms with Gasteiger partial charge in [0, 0.05) is 16.8 Å². The molecule has 0 fully saturated rings. The van der Waals surface area contributed by atoms with E-state index in [-0.39, 0.29) is 0 Å². The highest BCUT2D eigenvalue weighted by Crippen LogP contribution is 2.47. The molecule has 1 heterocycles. The lowest BCUT2D eigenvalue weighted by Crippen LogP contribution is -2.14. The molecule has 2 aromatic carbocycles. The molecule has 1 aliphatic heterocycles. The molecule has 0 aromatic heterocycles. The van der Waals surface area contributed by atoms with E-state index < -0.39 is 0 Å². The van der Waals surface area contributed by atoms with E-state index in [9.17, 15) is 0 Å². The van der Waals surface area contributed by atoms with Crippen LogP contribution in [0, 0.1) is 0 Å². The number of hydrogen-bond acceptors (Lipinski definition) is 2. The number of fused-ring (bicyclic) bond motifs is 2. The second-order valence-corrected chi connectivity index (χ2v) is 6.06. The van der Waals surface area contributed by atoms with Gasteiger partial charge in [-0.25, -0.2) is 0 Å². The lowest BCUT2D eigenvalue weighted by Gasteiger charge is -2.30. The fourth-order valence-corrected chi connectivity index (χ4v) is 3.80. The van der Waals surface area contributed by atoms with Gasteiger partial charge in [-0.05, 0) is 48.2 Å². The van der Waals surface area contributed by atoms with Crippen LogP contribution in [-0.2, 0) is 12.8 Å². The SMILES string of the molecule is CCc1ccc2c(c1)Sc1cc(CC)ccc1N2C. The summed E-state index contributed by atoms with van der Waals surface area (Å²) in [7, 11) is 2.16. The zero-order valence-electron chi connectivity index (χ0n) is 11.7. The molecule has 0 unspecified atom stereocenters. The van der Waals surface area contributed by atoms with Crippen LogP contribution in [0.3, 0.4) is 0 Å². The van der Waals surface area contributed by atoms with Crippen molar-refractivity contribution in [1.82, 2.24) is 0 Å². The van der Waals surface area contributed by atoms with Crippen LogP contribution in [0.4, 0.5) is 11.4 Å². The molecule has 0 N–H and O–H groups in total. The summed E-state index contributed by atoms with van der Waals surface area (Å²) < 4.78 is 0. The molecule has 19 heavy (non-hydrogen) atoms. The van der Waals surface area contributed by atoms with Crippen molar-refractivity contribution < 1.29 is 0 Å². The van der Waals surface area contributed by atoms with E-state index in [2.05, 4.69) is 62.2 Å². The molecule has 1 aliphatic rings. The zero-order valence-corrected chi connectivity index (χ0v) is 12.6. The molecule has 0 amide bonds. The number of anilines is 2. The molecule has 0 atom stereocenters. The number of benzene rings is 2. The van der Waals surface area contributed by atoms with Gasteiger partial charge < -0.3 is 4.90 Å². The quantitative estimate of drug-likeness (QED) is 0.751. The summed E-state index contributed by atoms with van der Waals surface area (Å²) in [6.07, 6.45) is 2.19. The summed E-state index contributed by atoms with van der Waals surface area (Å²) in [4.78, 5) is 5.06. The minimum absolute atomic E-state index is 1.10. The smallest absolute Gasteiger partial charge is 0.0550 e. The summed E-state index contributed by atoms with van der Waals surface area (Å²) in [6, 6.07) is 13.6. The first-order valence-corrected chi connectivity index (χ1v) is 7.72. The average molecular weight is 269 g/mol. The lowest BCUT2D eigenvalue weighted by molar-refractivity contribution is 1.06. The largest absolute Gasteiger partial charge is 0.343 e. The van der Waals surface area contributed by atoms with Crippen molar-refractivity contribution in [2.45, 2.75) is 36.5 Å². The summed E-state index contributed by atoms with van der Waals surface area (Å²) in [5.74, 6) is 0. The Kier molecular flexibility index (Phi) is 3.28. The molecular weight excluding hydrogens is 250 g/mol. The Balaban J connectivity index is 2.08. The van der Waals surface area contributed by atoms with Gasteiger partial charge in [0.05, 0.1) is 11.4 Å². The number of rotatable bonds is 2. The van der Waals surface area contributed by atoms with Gasteiger partial charge in [-0.3, -0.25) is 0 Å². The van der Waals surface area contributed by atoms with Gasteiger partial charge in [0.15, 0.2) is 0 Å². The van der Waals surface area contributed by atoms with Crippen molar-refractivity contribution in [3.05, 3.63) is 47.5 Å². The van der Waals surface area contributed by atoms with Crippen LogP contribution in [0.25, 0.3) is 0 Å². The van der Waals surface area contributed by atoms with Gasteiger partial charge in [0.1, 0.15) is 0 Å². The van der Waals surface area contributed by atoms with Gasteiger partial charge in [-0.1, -0.05) is 37.7 Å². The second kappa shape index (κ2) is 4.93. The summed E-state index contributed by atoms with van der Waals surface area (Å²) in [6.45, 7) is 4.42. The van der Waals surface area contributed by atoms with Gasteiger partial charge in [0.25, 0.3) is 0 Å². The Morgan fingerprint density at radius 1 is 0.842 bits per heavy atom. The molecule has 2 aromatic rings. The van der Waals surface area contributed by atoms with E-state index in [1.165, 1.54) is 32.3 Å². The number of hydrogen-bond donors (Lipinski definition) is 0. The molecular formula is C17H19NS. The molecule has 0 saturated carbocycles. The van der Waals surface area contributed by atoms with E-state index in [0.29, 0.717) is 0 Å². The van der Waals surface area contributed by atoms with Crippen LogP contribution in [0.5, 0.6) is 0 Å². The number of aryl methyl sites for hydroxylation is 2. The van der Waals surface area contributed by atoms with Crippen LogP contribution >= 0.6 is 11.8 Å². The first-order valence-electron chi connectivity index (χ1n) is 6.90. The van der Waals surface area contributed by atoms with Crippen LogP contribution < -0.4 is 4.90 Å². The predicted molar refractivity (Wildman–Crippen MR) is 83.8 cm³/mol. The van der Waals surface area contributed by atoms with Crippen LogP contribution in [0.1, 0.15) is 25.0 Å². The highest BCUT2D eigenvalue weighted by molar-refractivity contribution is 7.99. The topological polar surface area (TPSA) is 3.24 Å². The highest BCUT2D eigenvalue weighted by Gasteiger charge is 2.20. The van der Waals surface area contributed by atoms with Gasteiger partial charge >= 0.3 is 0 Å². The van der Waals surface area contributed by atoms with Gasteiger partial charge in [-0.2, -0.15) is 0 Å². The Labute approximate surface area is 119 Å². The van der Waals surface area contributed by atoms with Crippen molar-refractivity contribution in [2.24, 2.45) is 0 Å². The van der Waals surface area contributed by atoms with E-state index in [1.54, 1.807) is 0 Å². The third kappa shape index (κ3) is 2.14. The maximum atomic E-state index is 2.33. The maximum absolute atomic E-state index is 2.33. The summed E-state index contributed by atoms with van der Waals surface area (Å²) >= 11 is 1.90. The Morgan fingerprint density at radius 3 is 1.74 bits per heavy atom. The molecule has 3 rings (SSSR count). The fourth-order valence-electron chi connectivity index (χ4n) is 2.52. The van der Waals surface area contributed by atoms with E-state index >= 15 is 0 Å². The number of nitrogens with zero attached hydrogens (tertiary/aromatic N) is 1. The van der Waals surface area contributed by atoms with E-state index in [0.717, 1.165) is 12.8 Å². The highest BCUT2D eigenvalue weighted by atomic mass is 32.2. The van der Waals surface area contributed by atoms with Gasteiger partial charge in [0.2, 0.25) is 0 Å². The van der Waals surface area contributed by atoms with Gasteiger partial charge in [-0.15, -0.1) is 0 Å². The van der Waals surface area contributed by atoms with Crippen molar-refractivity contribution >= 4 is 23.1 Å². The van der Waals surface area contributed by atoms with E-state index in [4.69, 9.17) is 0 Å². The Hall–Kier alpha value is -1.41. The average Bonchev–Trinajstić information content (AvgIpc) is 2.46. The van der Waals surface area contributed by atoms with Crippen LogP contribution in [0.2, 0.25) is 0 Å². The second-order valence-electron chi connectivity index (χ2n) is 4.97. The molecule has 0 spiro atoms. The van der Waals surface area contributed by atoms with Crippen molar-refractivity contribution in [3.63, 3.8) is 0 Å². The molecule has 0 aliphatic carbocycles. The Bertz CT molecular complexity index is 565. The molecule has 0 bridgehead atoms. The first kappa shape index (κ1) is 12.6. The Morgan fingerprint density at radius 2 is 1.32 bits per heavy atom. The summed E-state index contributed by atoms with van der Waals surface area (Å²) in [5, 5.41) is 0. The fraction of sp³-hybridized carbons (Fsp3) is 0.294. The standard InChI is InChI=1S/C17H19NS/c1-4-12-6-8-14-16(10-12)19-17-11-13(5-2)7-9-15(17)18(14)3/h6-11H,4-5H2,1-3H3. The van der Waals surface area contributed by atoms with Crippen LogP contribution in [0.15, 0.2) is 46.2 Å². The normalized spacial score (nSPS) is 13.1. The van der Waals surface area contributed by atoms with Crippen LogP contribution in [-0.4, -0.2) is 7.05 Å². The zero-order chi connectivity index (χ0) is 13.4. The molecule has 0 saturated heterocycles.